The van der Waals surface area contributed by atoms with Crippen LogP contribution in [0.15, 0.2) is 0 Å². The molecule has 82 valence electrons. The maximum atomic E-state index is 11.7. The Morgan fingerprint density at radius 2 is 2.50 bits per heavy atom. The lowest BCUT2D eigenvalue weighted by atomic mass is 10.2. The smallest absolute Gasteiger partial charge is 0.237 e. The summed E-state index contributed by atoms with van der Waals surface area (Å²) in [6.45, 7) is 3.10. The van der Waals surface area contributed by atoms with Crippen LogP contribution in [0.5, 0.6) is 0 Å². The molecule has 4 heteroatoms. The molecule has 2 unspecified atom stereocenters. The molecule has 0 aromatic carbocycles. The van der Waals surface area contributed by atoms with E-state index in [2.05, 4.69) is 23.8 Å². The van der Waals surface area contributed by atoms with Gasteiger partial charge in [0.25, 0.3) is 0 Å². The van der Waals surface area contributed by atoms with Crippen LogP contribution < -0.4 is 10.6 Å². The van der Waals surface area contributed by atoms with Gasteiger partial charge in [0.2, 0.25) is 5.91 Å². The minimum absolute atomic E-state index is 0.0610. The Kier molecular flexibility index (Phi) is 5.33. The molecule has 2 atom stereocenters. The fourth-order valence-corrected chi connectivity index (χ4v) is 2.39. The van der Waals surface area contributed by atoms with E-state index in [-0.39, 0.29) is 11.9 Å². The van der Waals surface area contributed by atoms with Gasteiger partial charge in [-0.25, -0.2) is 0 Å². The van der Waals surface area contributed by atoms with Crippen LogP contribution in [-0.4, -0.2) is 36.5 Å². The van der Waals surface area contributed by atoms with Crippen molar-refractivity contribution >= 4 is 17.7 Å². The zero-order chi connectivity index (χ0) is 10.4. The predicted octanol–water partition coefficient (Wildman–Crippen LogP) is 0.996. The molecule has 1 amide bonds. The van der Waals surface area contributed by atoms with Crippen LogP contribution in [0.3, 0.4) is 0 Å². The lowest BCUT2D eigenvalue weighted by Gasteiger charge is -2.18. The van der Waals surface area contributed by atoms with Crippen LogP contribution in [0.2, 0.25) is 0 Å². The lowest BCUT2D eigenvalue weighted by Crippen LogP contribution is -2.45. The third kappa shape index (κ3) is 3.50. The van der Waals surface area contributed by atoms with E-state index in [1.807, 2.05) is 0 Å². The first-order valence-corrected chi connectivity index (χ1v) is 6.70. The van der Waals surface area contributed by atoms with Crippen LogP contribution in [-0.2, 0) is 4.79 Å². The van der Waals surface area contributed by atoms with Crippen molar-refractivity contribution in [3.05, 3.63) is 0 Å². The standard InChI is InChI=1S/C10H20N2OS/c1-3-8(7-14-2)12-10(13)9-5-4-6-11-9/h8-9,11H,3-7H2,1-2H3,(H,12,13). The average molecular weight is 216 g/mol. The molecule has 0 radical (unpaired) electrons. The Labute approximate surface area is 90.4 Å². The maximum absolute atomic E-state index is 11.7. The van der Waals surface area contributed by atoms with Gasteiger partial charge in [0.15, 0.2) is 0 Å². The third-order valence-electron chi connectivity index (χ3n) is 2.58. The van der Waals surface area contributed by atoms with Gasteiger partial charge in [-0.05, 0) is 32.1 Å². The number of carbonyl (C=O) groups is 1. The summed E-state index contributed by atoms with van der Waals surface area (Å²) in [4.78, 5) is 11.7. The normalized spacial score (nSPS) is 23.4. The highest BCUT2D eigenvalue weighted by Gasteiger charge is 2.23. The fourth-order valence-electron chi connectivity index (χ4n) is 1.67. The number of hydrogen-bond acceptors (Lipinski definition) is 3. The summed E-state index contributed by atoms with van der Waals surface area (Å²) < 4.78 is 0. The van der Waals surface area contributed by atoms with E-state index < -0.39 is 0 Å². The Balaban J connectivity index is 2.29. The summed E-state index contributed by atoms with van der Waals surface area (Å²) in [6, 6.07) is 0.394. The lowest BCUT2D eigenvalue weighted by molar-refractivity contribution is -0.123. The van der Waals surface area contributed by atoms with Crippen molar-refractivity contribution in [2.24, 2.45) is 0 Å². The minimum Gasteiger partial charge on any atom is -0.351 e. The van der Waals surface area contributed by atoms with Crippen molar-refractivity contribution < 1.29 is 4.79 Å². The van der Waals surface area contributed by atoms with E-state index >= 15 is 0 Å². The second kappa shape index (κ2) is 6.30. The number of rotatable bonds is 5. The van der Waals surface area contributed by atoms with Gasteiger partial charge in [-0.15, -0.1) is 0 Å². The molecule has 3 nitrogen and oxygen atoms in total. The van der Waals surface area contributed by atoms with Gasteiger partial charge in [0, 0.05) is 11.8 Å². The van der Waals surface area contributed by atoms with Crippen LogP contribution in [0.1, 0.15) is 26.2 Å². The summed E-state index contributed by atoms with van der Waals surface area (Å²) in [7, 11) is 0. The van der Waals surface area contributed by atoms with E-state index in [9.17, 15) is 4.79 Å². The Bertz CT molecular complexity index is 181. The first kappa shape index (κ1) is 11.9. The van der Waals surface area contributed by atoms with Crippen LogP contribution in [0.25, 0.3) is 0 Å². The topological polar surface area (TPSA) is 41.1 Å². The molecule has 0 spiro atoms. The molecule has 1 aliphatic rings. The van der Waals surface area contributed by atoms with E-state index in [1.54, 1.807) is 11.8 Å². The summed E-state index contributed by atoms with van der Waals surface area (Å²) in [6.07, 6.45) is 5.20. The molecule has 1 heterocycles. The summed E-state index contributed by atoms with van der Waals surface area (Å²) in [5, 5.41) is 6.30. The second-order valence-corrected chi connectivity index (χ2v) is 4.63. The molecule has 0 aromatic rings. The van der Waals surface area contributed by atoms with Crippen molar-refractivity contribution in [1.82, 2.24) is 10.6 Å². The van der Waals surface area contributed by atoms with Gasteiger partial charge in [-0.1, -0.05) is 6.92 Å². The highest BCUT2D eigenvalue weighted by atomic mass is 32.2. The van der Waals surface area contributed by atoms with Crippen molar-refractivity contribution in [3.63, 3.8) is 0 Å². The Hall–Kier alpha value is -0.220. The monoisotopic (exact) mass is 216 g/mol. The second-order valence-electron chi connectivity index (χ2n) is 3.72. The molecule has 1 fully saturated rings. The SMILES string of the molecule is CCC(CSC)NC(=O)C1CCCN1. The summed E-state index contributed by atoms with van der Waals surface area (Å²) >= 11 is 1.78. The number of amides is 1. The van der Waals surface area contributed by atoms with Crippen LogP contribution in [0.4, 0.5) is 0 Å². The summed E-state index contributed by atoms with van der Waals surface area (Å²) in [5.41, 5.74) is 0. The molecule has 14 heavy (non-hydrogen) atoms. The van der Waals surface area contributed by atoms with E-state index in [0.717, 1.165) is 31.6 Å². The van der Waals surface area contributed by atoms with Gasteiger partial charge < -0.3 is 10.6 Å². The highest BCUT2D eigenvalue weighted by Crippen LogP contribution is 2.07. The summed E-state index contributed by atoms with van der Waals surface area (Å²) in [5.74, 6) is 1.19. The van der Waals surface area contributed by atoms with Crippen LogP contribution >= 0.6 is 11.8 Å². The van der Waals surface area contributed by atoms with Crippen molar-refractivity contribution in [2.45, 2.75) is 38.3 Å². The molecule has 1 aliphatic heterocycles. The predicted molar refractivity (Wildman–Crippen MR) is 61.6 cm³/mol. The molecule has 1 rings (SSSR count). The first-order valence-electron chi connectivity index (χ1n) is 5.30. The van der Waals surface area contributed by atoms with Gasteiger partial charge in [-0.2, -0.15) is 11.8 Å². The average Bonchev–Trinajstić information content (AvgIpc) is 2.69. The molecular weight excluding hydrogens is 196 g/mol. The Morgan fingerprint density at radius 1 is 1.71 bits per heavy atom. The zero-order valence-corrected chi connectivity index (χ0v) is 9.82. The van der Waals surface area contributed by atoms with Gasteiger partial charge >= 0.3 is 0 Å². The van der Waals surface area contributed by atoms with E-state index in [4.69, 9.17) is 0 Å². The molecule has 0 saturated carbocycles. The van der Waals surface area contributed by atoms with Crippen LogP contribution in [0, 0.1) is 0 Å². The molecule has 1 saturated heterocycles. The minimum atomic E-state index is 0.0610. The molecule has 0 bridgehead atoms. The molecular formula is C10H20N2OS. The molecule has 2 N–H and O–H groups in total. The third-order valence-corrected chi connectivity index (χ3v) is 3.32. The van der Waals surface area contributed by atoms with E-state index in [1.165, 1.54) is 0 Å². The zero-order valence-electron chi connectivity index (χ0n) is 9.01. The van der Waals surface area contributed by atoms with Crippen molar-refractivity contribution in [3.8, 4) is 0 Å². The number of hydrogen-bond donors (Lipinski definition) is 2. The number of nitrogens with one attached hydrogen (secondary N) is 2. The number of thioether (sulfide) groups is 1. The van der Waals surface area contributed by atoms with Crippen molar-refractivity contribution in [2.75, 3.05) is 18.6 Å². The quantitative estimate of drug-likeness (QED) is 0.720. The van der Waals surface area contributed by atoms with Gasteiger partial charge in [0.1, 0.15) is 0 Å². The number of carbonyl (C=O) groups excluding carboxylic acids is 1. The molecule has 0 aliphatic carbocycles. The van der Waals surface area contributed by atoms with Gasteiger partial charge in [-0.3, -0.25) is 4.79 Å². The molecule has 0 aromatic heterocycles. The largest absolute Gasteiger partial charge is 0.351 e. The van der Waals surface area contributed by atoms with Crippen molar-refractivity contribution in [1.29, 1.82) is 0 Å². The maximum Gasteiger partial charge on any atom is 0.237 e. The fraction of sp³-hybridized carbons (Fsp3) is 0.900. The Morgan fingerprint density at radius 3 is 3.00 bits per heavy atom. The highest BCUT2D eigenvalue weighted by molar-refractivity contribution is 7.98. The first-order chi connectivity index (χ1) is 6.77. The van der Waals surface area contributed by atoms with Gasteiger partial charge in [0.05, 0.1) is 6.04 Å². The van der Waals surface area contributed by atoms with E-state index in [0.29, 0.717) is 6.04 Å².